The molecule has 1 heterocycles. The first-order valence-electron chi connectivity index (χ1n) is 7.78. The molecule has 6 heteroatoms. The third-order valence-corrected chi connectivity index (χ3v) is 3.45. The number of aliphatic imine (C=N–C) groups is 1. The highest BCUT2D eigenvalue weighted by atomic mass is 127. The molecule has 0 aliphatic rings. The fourth-order valence-corrected chi connectivity index (χ4v) is 2.00. The summed E-state index contributed by atoms with van der Waals surface area (Å²) in [6, 6.07) is 0. The number of aryl methyl sites for hydroxylation is 1. The Kier molecular flexibility index (Phi) is 12.4. The lowest BCUT2D eigenvalue weighted by molar-refractivity contribution is 0.503. The number of nitrogens with zero attached hydrogens (tertiary/aromatic N) is 3. The number of imidazole rings is 1. The summed E-state index contributed by atoms with van der Waals surface area (Å²) in [6.45, 7) is 10.3. The van der Waals surface area contributed by atoms with Gasteiger partial charge in [0, 0.05) is 38.6 Å². The van der Waals surface area contributed by atoms with Gasteiger partial charge in [-0.15, -0.1) is 24.0 Å². The van der Waals surface area contributed by atoms with Crippen LogP contribution >= 0.6 is 24.0 Å². The van der Waals surface area contributed by atoms with Crippen LogP contribution in [0.2, 0.25) is 0 Å². The number of hydrogen-bond donors (Lipinski definition) is 2. The van der Waals surface area contributed by atoms with Crippen molar-refractivity contribution < 1.29 is 0 Å². The summed E-state index contributed by atoms with van der Waals surface area (Å²) in [7, 11) is 0. The highest BCUT2D eigenvalue weighted by Crippen LogP contribution is 2.06. The average Bonchev–Trinajstić information content (AvgIpc) is 2.97. The Hall–Kier alpha value is -0.790. The van der Waals surface area contributed by atoms with E-state index in [1.807, 2.05) is 18.7 Å². The van der Waals surface area contributed by atoms with Crippen molar-refractivity contribution >= 4 is 29.9 Å². The van der Waals surface area contributed by atoms with Gasteiger partial charge in [0.15, 0.2) is 5.96 Å². The molecule has 0 fully saturated rings. The van der Waals surface area contributed by atoms with Crippen LogP contribution in [0.4, 0.5) is 0 Å². The monoisotopic (exact) mass is 407 g/mol. The molecule has 2 N–H and O–H groups in total. The van der Waals surface area contributed by atoms with Crippen LogP contribution in [0.3, 0.4) is 0 Å². The molecular formula is C15H30IN5. The number of rotatable bonds is 9. The van der Waals surface area contributed by atoms with Crippen LogP contribution in [0.15, 0.2) is 23.7 Å². The second kappa shape index (κ2) is 12.9. The smallest absolute Gasteiger partial charge is 0.191 e. The topological polar surface area (TPSA) is 54.2 Å². The minimum absolute atomic E-state index is 0. The summed E-state index contributed by atoms with van der Waals surface area (Å²) < 4.78 is 2.09. The van der Waals surface area contributed by atoms with Gasteiger partial charge in [-0.25, -0.2) is 4.98 Å². The van der Waals surface area contributed by atoms with Crippen molar-refractivity contribution in [2.45, 2.75) is 46.6 Å². The molecule has 0 spiro atoms. The second-order valence-electron chi connectivity index (χ2n) is 4.98. The van der Waals surface area contributed by atoms with E-state index in [-0.39, 0.29) is 24.0 Å². The zero-order valence-corrected chi connectivity index (χ0v) is 15.8. The summed E-state index contributed by atoms with van der Waals surface area (Å²) in [5.41, 5.74) is 0. The zero-order valence-electron chi connectivity index (χ0n) is 13.5. The summed E-state index contributed by atoms with van der Waals surface area (Å²) in [4.78, 5) is 8.70. The first kappa shape index (κ1) is 20.2. The molecule has 1 rings (SSSR count). The van der Waals surface area contributed by atoms with E-state index in [0.29, 0.717) is 5.92 Å². The van der Waals surface area contributed by atoms with Crippen molar-refractivity contribution in [3.8, 4) is 0 Å². The molecule has 0 bridgehead atoms. The molecule has 0 saturated heterocycles. The highest BCUT2D eigenvalue weighted by molar-refractivity contribution is 14.0. The first-order chi connectivity index (χ1) is 9.80. The van der Waals surface area contributed by atoms with Crippen LogP contribution in [0.25, 0.3) is 0 Å². The second-order valence-corrected chi connectivity index (χ2v) is 4.98. The zero-order chi connectivity index (χ0) is 14.6. The number of hydrogen-bond acceptors (Lipinski definition) is 2. The van der Waals surface area contributed by atoms with Gasteiger partial charge in [-0.2, -0.15) is 0 Å². The molecule has 5 nitrogen and oxygen atoms in total. The summed E-state index contributed by atoms with van der Waals surface area (Å²) >= 11 is 0. The van der Waals surface area contributed by atoms with E-state index >= 15 is 0 Å². The molecule has 0 aromatic carbocycles. The van der Waals surface area contributed by atoms with Gasteiger partial charge >= 0.3 is 0 Å². The Morgan fingerprint density at radius 1 is 1.24 bits per heavy atom. The third-order valence-electron chi connectivity index (χ3n) is 3.45. The Morgan fingerprint density at radius 3 is 2.57 bits per heavy atom. The molecule has 0 aliphatic heterocycles. The van der Waals surface area contributed by atoms with Gasteiger partial charge in [-0.1, -0.05) is 26.7 Å². The molecule has 0 aliphatic carbocycles. The van der Waals surface area contributed by atoms with Gasteiger partial charge in [0.25, 0.3) is 0 Å². The molecule has 21 heavy (non-hydrogen) atoms. The van der Waals surface area contributed by atoms with Gasteiger partial charge in [-0.05, 0) is 19.3 Å². The van der Waals surface area contributed by atoms with Crippen LogP contribution in [-0.4, -0.2) is 35.1 Å². The SMILES string of the molecule is CCNC(=NCC(CC)CC)NCCCn1ccnc1.I. The van der Waals surface area contributed by atoms with Crippen molar-refractivity contribution in [2.75, 3.05) is 19.6 Å². The van der Waals surface area contributed by atoms with Crippen molar-refractivity contribution in [3.63, 3.8) is 0 Å². The van der Waals surface area contributed by atoms with E-state index in [9.17, 15) is 0 Å². The average molecular weight is 407 g/mol. The molecule has 0 saturated carbocycles. The molecule has 0 unspecified atom stereocenters. The lowest BCUT2D eigenvalue weighted by Gasteiger charge is -2.14. The predicted molar refractivity (Wildman–Crippen MR) is 100 cm³/mol. The largest absolute Gasteiger partial charge is 0.357 e. The molecule has 1 aromatic rings. The van der Waals surface area contributed by atoms with Gasteiger partial charge < -0.3 is 15.2 Å². The summed E-state index contributed by atoms with van der Waals surface area (Å²) in [5, 5.41) is 6.69. The van der Waals surface area contributed by atoms with Crippen LogP contribution in [0.5, 0.6) is 0 Å². The minimum atomic E-state index is 0. The summed E-state index contributed by atoms with van der Waals surface area (Å²) in [5.74, 6) is 1.63. The van der Waals surface area contributed by atoms with Crippen molar-refractivity contribution in [2.24, 2.45) is 10.9 Å². The molecule has 0 amide bonds. The van der Waals surface area contributed by atoms with Gasteiger partial charge in [-0.3, -0.25) is 4.99 Å². The van der Waals surface area contributed by atoms with Crippen molar-refractivity contribution in [3.05, 3.63) is 18.7 Å². The van der Waals surface area contributed by atoms with Gasteiger partial charge in [0.1, 0.15) is 0 Å². The normalized spacial score (nSPS) is 11.3. The number of aromatic nitrogens is 2. The van der Waals surface area contributed by atoms with Crippen LogP contribution in [0, 0.1) is 5.92 Å². The van der Waals surface area contributed by atoms with E-state index < -0.39 is 0 Å². The predicted octanol–water partition coefficient (Wildman–Crippen LogP) is 2.88. The molecule has 1 aromatic heterocycles. The van der Waals surface area contributed by atoms with Gasteiger partial charge in [0.2, 0.25) is 0 Å². The van der Waals surface area contributed by atoms with Crippen molar-refractivity contribution in [1.29, 1.82) is 0 Å². The third kappa shape index (κ3) is 8.95. The minimum Gasteiger partial charge on any atom is -0.357 e. The first-order valence-corrected chi connectivity index (χ1v) is 7.78. The highest BCUT2D eigenvalue weighted by Gasteiger charge is 2.03. The molecule has 122 valence electrons. The Bertz CT molecular complexity index is 360. The fourth-order valence-electron chi connectivity index (χ4n) is 2.00. The van der Waals surface area contributed by atoms with Crippen molar-refractivity contribution in [1.82, 2.24) is 20.2 Å². The lowest BCUT2D eigenvalue weighted by atomic mass is 10.0. The number of guanidine groups is 1. The van der Waals surface area contributed by atoms with Gasteiger partial charge in [0.05, 0.1) is 6.33 Å². The van der Waals surface area contributed by atoms with E-state index in [0.717, 1.165) is 38.6 Å². The Labute approximate surface area is 146 Å². The Morgan fingerprint density at radius 2 is 2.00 bits per heavy atom. The quantitative estimate of drug-likeness (QED) is 0.287. The standard InChI is InChI=1S/C15H29N5.HI/c1-4-14(5-2)12-19-15(17-6-3)18-8-7-10-20-11-9-16-13-20;/h9,11,13-14H,4-8,10,12H2,1-3H3,(H2,17,18,19);1H. The van der Waals surface area contributed by atoms with E-state index in [1.54, 1.807) is 0 Å². The van der Waals surface area contributed by atoms with Crippen LogP contribution in [0.1, 0.15) is 40.0 Å². The maximum atomic E-state index is 4.67. The van der Waals surface area contributed by atoms with Crippen LogP contribution < -0.4 is 10.6 Å². The fraction of sp³-hybridized carbons (Fsp3) is 0.733. The maximum absolute atomic E-state index is 4.67. The molecule has 0 radical (unpaired) electrons. The van der Waals surface area contributed by atoms with E-state index in [2.05, 4.69) is 45.9 Å². The molecule has 0 atom stereocenters. The summed E-state index contributed by atoms with van der Waals surface area (Å²) in [6.07, 6.45) is 9.11. The van der Waals surface area contributed by atoms with E-state index in [4.69, 9.17) is 0 Å². The molecular weight excluding hydrogens is 377 g/mol. The van der Waals surface area contributed by atoms with E-state index in [1.165, 1.54) is 12.8 Å². The lowest BCUT2D eigenvalue weighted by Crippen LogP contribution is -2.38. The maximum Gasteiger partial charge on any atom is 0.191 e. The van der Waals surface area contributed by atoms with Crippen LogP contribution in [-0.2, 0) is 6.54 Å². The number of nitrogens with one attached hydrogen (secondary N) is 2. The Balaban J connectivity index is 0.00000400. The number of halogens is 1.